The summed E-state index contributed by atoms with van der Waals surface area (Å²) in [6.45, 7) is 0. The number of benzene rings is 1. The first-order valence-electron chi connectivity index (χ1n) is 5.65. The van der Waals surface area contributed by atoms with Crippen LogP contribution >= 0.6 is 0 Å². The Morgan fingerprint density at radius 3 is 2.74 bits per heavy atom. The first kappa shape index (κ1) is 12.7. The summed E-state index contributed by atoms with van der Waals surface area (Å²) in [6, 6.07) is 10.3. The lowest BCUT2D eigenvalue weighted by Crippen LogP contribution is -2.24. The van der Waals surface area contributed by atoms with Crippen LogP contribution in [-0.4, -0.2) is 24.3 Å². The van der Waals surface area contributed by atoms with Crippen LogP contribution < -0.4 is 15.5 Å². The first-order valence-corrected chi connectivity index (χ1v) is 5.65. The molecule has 2 aromatic rings. The molecule has 3 N–H and O–H groups in total. The highest BCUT2D eigenvalue weighted by Gasteiger charge is 1.99. The summed E-state index contributed by atoms with van der Waals surface area (Å²) >= 11 is 0. The third-order valence-corrected chi connectivity index (χ3v) is 2.34. The molecule has 6 heteroatoms. The van der Waals surface area contributed by atoms with E-state index in [0.717, 1.165) is 11.4 Å². The average Bonchev–Trinajstić information content (AvgIpc) is 2.93. The summed E-state index contributed by atoms with van der Waals surface area (Å²) in [6.07, 6.45) is 3.30. The third kappa shape index (κ3) is 3.88. The van der Waals surface area contributed by atoms with Crippen LogP contribution in [0.4, 0.5) is 10.5 Å². The van der Waals surface area contributed by atoms with Gasteiger partial charge in [0.15, 0.2) is 0 Å². The van der Waals surface area contributed by atoms with E-state index >= 15 is 0 Å². The molecule has 2 rings (SSSR count). The summed E-state index contributed by atoms with van der Waals surface area (Å²) in [7, 11) is 1.59. The number of nitrogens with zero attached hydrogens (tertiary/aromatic N) is 1. The SMILES string of the molecule is COc1ccc(NC(=O)N/N=C\c2ccc[nH]2)cc1. The van der Waals surface area contributed by atoms with Crippen LogP contribution in [0.25, 0.3) is 0 Å². The number of carbonyl (C=O) groups excluding carboxylic acids is 1. The van der Waals surface area contributed by atoms with Crippen LogP contribution in [0.2, 0.25) is 0 Å². The van der Waals surface area contributed by atoms with Gasteiger partial charge in [0, 0.05) is 11.9 Å². The Balaban J connectivity index is 1.83. The van der Waals surface area contributed by atoms with E-state index in [4.69, 9.17) is 4.74 Å². The molecule has 1 heterocycles. The van der Waals surface area contributed by atoms with E-state index in [-0.39, 0.29) is 0 Å². The van der Waals surface area contributed by atoms with Gasteiger partial charge in [-0.15, -0.1) is 0 Å². The number of aromatic amines is 1. The molecule has 0 spiro atoms. The fourth-order valence-corrected chi connectivity index (χ4v) is 1.42. The molecule has 2 amide bonds. The van der Waals surface area contributed by atoms with Crippen molar-refractivity contribution in [3.05, 3.63) is 48.3 Å². The minimum atomic E-state index is -0.409. The maximum absolute atomic E-state index is 11.5. The van der Waals surface area contributed by atoms with E-state index in [1.165, 1.54) is 6.21 Å². The number of ether oxygens (including phenoxy) is 1. The number of urea groups is 1. The van der Waals surface area contributed by atoms with Crippen molar-refractivity contribution >= 4 is 17.9 Å². The standard InChI is InChI=1S/C13H14N4O2/c1-19-12-6-4-10(5-7-12)16-13(18)17-15-9-11-3-2-8-14-11/h2-9,14H,1H3,(H2,16,17,18)/b15-9-. The second-order valence-electron chi connectivity index (χ2n) is 3.68. The van der Waals surface area contributed by atoms with Gasteiger partial charge < -0.3 is 15.0 Å². The average molecular weight is 258 g/mol. The molecule has 0 saturated carbocycles. The zero-order chi connectivity index (χ0) is 13.5. The van der Waals surface area contributed by atoms with Crippen LogP contribution in [0.1, 0.15) is 5.69 Å². The van der Waals surface area contributed by atoms with Crippen molar-refractivity contribution < 1.29 is 9.53 Å². The number of rotatable bonds is 4. The van der Waals surface area contributed by atoms with E-state index in [1.54, 1.807) is 37.6 Å². The Bertz CT molecular complexity index is 547. The van der Waals surface area contributed by atoms with Crippen LogP contribution in [0.5, 0.6) is 5.75 Å². The quantitative estimate of drug-likeness (QED) is 0.580. The summed E-state index contributed by atoms with van der Waals surface area (Å²) < 4.78 is 5.03. The van der Waals surface area contributed by atoms with Gasteiger partial charge in [-0.3, -0.25) is 0 Å². The molecule has 0 radical (unpaired) electrons. The molecule has 19 heavy (non-hydrogen) atoms. The number of aromatic nitrogens is 1. The van der Waals surface area contributed by atoms with Crippen molar-refractivity contribution in [3.8, 4) is 5.75 Å². The minimum Gasteiger partial charge on any atom is -0.497 e. The van der Waals surface area contributed by atoms with Gasteiger partial charge in [0.05, 0.1) is 19.0 Å². The normalized spacial score (nSPS) is 10.4. The fraction of sp³-hybridized carbons (Fsp3) is 0.0769. The number of hydrogen-bond donors (Lipinski definition) is 3. The Morgan fingerprint density at radius 1 is 1.32 bits per heavy atom. The van der Waals surface area contributed by atoms with Crippen molar-refractivity contribution in [2.45, 2.75) is 0 Å². The van der Waals surface area contributed by atoms with Gasteiger partial charge in [-0.05, 0) is 36.4 Å². The number of nitrogens with one attached hydrogen (secondary N) is 3. The highest BCUT2D eigenvalue weighted by atomic mass is 16.5. The Kier molecular flexibility index (Phi) is 4.17. The number of methoxy groups -OCH3 is 1. The van der Waals surface area contributed by atoms with Crippen molar-refractivity contribution in [2.24, 2.45) is 5.10 Å². The van der Waals surface area contributed by atoms with E-state index < -0.39 is 6.03 Å². The summed E-state index contributed by atoms with van der Waals surface area (Å²) in [5.41, 5.74) is 3.84. The maximum atomic E-state index is 11.5. The number of H-pyrrole nitrogens is 1. The summed E-state index contributed by atoms with van der Waals surface area (Å²) in [5.74, 6) is 0.732. The minimum absolute atomic E-state index is 0.409. The molecule has 0 aliphatic heterocycles. The number of hydrogen-bond acceptors (Lipinski definition) is 3. The summed E-state index contributed by atoms with van der Waals surface area (Å²) in [4.78, 5) is 14.5. The zero-order valence-electron chi connectivity index (χ0n) is 10.4. The van der Waals surface area contributed by atoms with Crippen LogP contribution in [0, 0.1) is 0 Å². The Labute approximate surface area is 110 Å². The van der Waals surface area contributed by atoms with Gasteiger partial charge >= 0.3 is 6.03 Å². The molecule has 1 aromatic heterocycles. The molecule has 0 unspecified atom stereocenters. The van der Waals surface area contributed by atoms with Gasteiger partial charge in [0.25, 0.3) is 0 Å². The molecule has 1 aromatic carbocycles. The molecule has 98 valence electrons. The van der Waals surface area contributed by atoms with E-state index in [1.807, 2.05) is 12.1 Å². The van der Waals surface area contributed by atoms with Crippen molar-refractivity contribution in [2.75, 3.05) is 12.4 Å². The lowest BCUT2D eigenvalue weighted by Gasteiger charge is -2.05. The second-order valence-corrected chi connectivity index (χ2v) is 3.68. The monoisotopic (exact) mass is 258 g/mol. The smallest absolute Gasteiger partial charge is 0.339 e. The molecule has 0 fully saturated rings. The first-order chi connectivity index (χ1) is 9.28. The molecule has 0 aliphatic rings. The lowest BCUT2D eigenvalue weighted by atomic mass is 10.3. The van der Waals surface area contributed by atoms with Crippen LogP contribution in [0.3, 0.4) is 0 Å². The van der Waals surface area contributed by atoms with Gasteiger partial charge in [-0.1, -0.05) is 0 Å². The number of anilines is 1. The molecular formula is C13H14N4O2. The number of amides is 2. The molecule has 0 saturated heterocycles. The maximum Gasteiger partial charge on any atom is 0.339 e. The van der Waals surface area contributed by atoms with E-state index in [0.29, 0.717) is 5.69 Å². The van der Waals surface area contributed by atoms with Crippen LogP contribution in [-0.2, 0) is 0 Å². The largest absolute Gasteiger partial charge is 0.497 e. The lowest BCUT2D eigenvalue weighted by molar-refractivity contribution is 0.252. The molecule has 0 atom stereocenters. The van der Waals surface area contributed by atoms with E-state index in [2.05, 4.69) is 20.8 Å². The Morgan fingerprint density at radius 2 is 2.11 bits per heavy atom. The fourth-order valence-electron chi connectivity index (χ4n) is 1.42. The number of hydrazone groups is 1. The molecular weight excluding hydrogens is 244 g/mol. The van der Waals surface area contributed by atoms with Crippen molar-refractivity contribution in [1.82, 2.24) is 10.4 Å². The van der Waals surface area contributed by atoms with Gasteiger partial charge in [0.2, 0.25) is 0 Å². The van der Waals surface area contributed by atoms with E-state index in [9.17, 15) is 4.79 Å². The molecule has 0 aliphatic carbocycles. The van der Waals surface area contributed by atoms with Crippen molar-refractivity contribution in [3.63, 3.8) is 0 Å². The van der Waals surface area contributed by atoms with Gasteiger partial charge in [0.1, 0.15) is 5.75 Å². The third-order valence-electron chi connectivity index (χ3n) is 2.34. The second kappa shape index (κ2) is 6.25. The molecule has 6 nitrogen and oxygen atoms in total. The summed E-state index contributed by atoms with van der Waals surface area (Å²) in [5, 5.41) is 6.44. The van der Waals surface area contributed by atoms with Gasteiger partial charge in [-0.25, -0.2) is 10.2 Å². The number of carbonyl (C=O) groups is 1. The van der Waals surface area contributed by atoms with Gasteiger partial charge in [-0.2, -0.15) is 5.10 Å². The topological polar surface area (TPSA) is 78.5 Å². The van der Waals surface area contributed by atoms with Crippen LogP contribution in [0.15, 0.2) is 47.7 Å². The predicted octanol–water partition coefficient (Wildman–Crippen LogP) is 2.18. The highest BCUT2D eigenvalue weighted by molar-refractivity contribution is 5.90. The predicted molar refractivity (Wildman–Crippen MR) is 73.5 cm³/mol. The van der Waals surface area contributed by atoms with Crippen molar-refractivity contribution in [1.29, 1.82) is 0 Å². The Hall–Kier alpha value is -2.76. The highest BCUT2D eigenvalue weighted by Crippen LogP contribution is 2.14. The molecule has 0 bridgehead atoms. The zero-order valence-corrected chi connectivity index (χ0v) is 10.4.